The van der Waals surface area contributed by atoms with Crippen LogP contribution in [0.2, 0.25) is 0 Å². The highest BCUT2D eigenvalue weighted by molar-refractivity contribution is 5.71. The Balaban J connectivity index is 2.02. The van der Waals surface area contributed by atoms with E-state index in [-0.39, 0.29) is 11.5 Å². The van der Waals surface area contributed by atoms with Gasteiger partial charge in [-0.2, -0.15) is 0 Å². The predicted octanol–water partition coefficient (Wildman–Crippen LogP) is 3.00. The van der Waals surface area contributed by atoms with E-state index in [1.165, 1.54) is 25.7 Å². The van der Waals surface area contributed by atoms with Crippen LogP contribution in [0, 0.1) is 5.92 Å². The molecule has 0 atom stereocenters. The van der Waals surface area contributed by atoms with Crippen LogP contribution in [-0.4, -0.2) is 49.3 Å². The number of hydrogen-bond donors (Lipinski definition) is 0. The molecule has 21 heavy (non-hydrogen) atoms. The summed E-state index contributed by atoms with van der Waals surface area (Å²) >= 11 is 0. The van der Waals surface area contributed by atoms with Crippen LogP contribution in [-0.2, 0) is 14.3 Å². The summed E-state index contributed by atoms with van der Waals surface area (Å²) in [6.07, 6.45) is 7.94. The van der Waals surface area contributed by atoms with Crippen molar-refractivity contribution < 1.29 is 14.3 Å². The summed E-state index contributed by atoms with van der Waals surface area (Å²) in [5.41, 5.74) is 0.0281. The summed E-state index contributed by atoms with van der Waals surface area (Å²) < 4.78 is 10.7. The van der Waals surface area contributed by atoms with Crippen LogP contribution in [0.25, 0.3) is 0 Å². The van der Waals surface area contributed by atoms with E-state index in [1.54, 1.807) is 0 Å². The van der Waals surface area contributed by atoms with Crippen LogP contribution in [0.1, 0.15) is 58.8 Å². The van der Waals surface area contributed by atoms with Crippen molar-refractivity contribution in [2.24, 2.45) is 5.92 Å². The molecule has 2 fully saturated rings. The number of morpholine rings is 1. The molecular formula is C17H31NO3. The molecular weight excluding hydrogens is 266 g/mol. The highest BCUT2D eigenvalue weighted by Crippen LogP contribution is 2.41. The first-order valence-electron chi connectivity index (χ1n) is 8.68. The van der Waals surface area contributed by atoms with Crippen molar-refractivity contribution >= 4 is 5.97 Å². The highest BCUT2D eigenvalue weighted by Gasteiger charge is 2.42. The minimum atomic E-state index is -0.0297. The summed E-state index contributed by atoms with van der Waals surface area (Å²) in [7, 11) is 0. The van der Waals surface area contributed by atoms with E-state index in [0.717, 1.165) is 45.1 Å². The van der Waals surface area contributed by atoms with Crippen LogP contribution in [0.5, 0.6) is 0 Å². The van der Waals surface area contributed by atoms with Gasteiger partial charge >= 0.3 is 5.97 Å². The number of nitrogens with zero attached hydrogens (tertiary/aromatic N) is 1. The van der Waals surface area contributed by atoms with Gasteiger partial charge < -0.3 is 9.47 Å². The fraction of sp³-hybridized carbons (Fsp3) is 0.941. The Labute approximate surface area is 129 Å². The van der Waals surface area contributed by atoms with Gasteiger partial charge in [-0.25, -0.2) is 0 Å². The van der Waals surface area contributed by atoms with Crippen molar-refractivity contribution in [3.63, 3.8) is 0 Å². The van der Waals surface area contributed by atoms with Crippen LogP contribution in [0.15, 0.2) is 0 Å². The molecule has 1 saturated heterocycles. The Morgan fingerprint density at radius 1 is 1.24 bits per heavy atom. The van der Waals surface area contributed by atoms with E-state index < -0.39 is 0 Å². The summed E-state index contributed by atoms with van der Waals surface area (Å²) in [5, 5.41) is 0. The van der Waals surface area contributed by atoms with Crippen molar-refractivity contribution in [2.45, 2.75) is 64.3 Å². The number of ether oxygens (including phenoxy) is 2. The van der Waals surface area contributed by atoms with Gasteiger partial charge in [0.05, 0.1) is 26.2 Å². The second kappa shape index (κ2) is 8.14. The van der Waals surface area contributed by atoms with Gasteiger partial charge in [-0.1, -0.05) is 19.8 Å². The first-order valence-corrected chi connectivity index (χ1v) is 8.68. The number of esters is 1. The molecule has 0 amide bonds. The smallest absolute Gasteiger partial charge is 0.307 e. The lowest BCUT2D eigenvalue weighted by Gasteiger charge is -2.49. The molecule has 0 spiro atoms. The molecule has 0 bridgehead atoms. The van der Waals surface area contributed by atoms with Gasteiger partial charge in [0, 0.05) is 18.6 Å². The fourth-order valence-corrected chi connectivity index (χ4v) is 4.04. The standard InChI is InChI=1S/C17H31NO3/c1-3-5-15-6-8-17(9-7-15,14-16(19)21-4-2)18-10-12-20-13-11-18/h15H,3-14H2,1-2H3. The van der Waals surface area contributed by atoms with Gasteiger partial charge in [-0.05, 0) is 38.5 Å². The molecule has 0 unspecified atom stereocenters. The average molecular weight is 297 g/mol. The summed E-state index contributed by atoms with van der Waals surface area (Å²) in [6.45, 7) is 8.14. The van der Waals surface area contributed by atoms with E-state index in [9.17, 15) is 4.79 Å². The Morgan fingerprint density at radius 3 is 2.48 bits per heavy atom. The third-order valence-corrected chi connectivity index (χ3v) is 5.19. The maximum absolute atomic E-state index is 12.1. The molecule has 2 aliphatic rings. The van der Waals surface area contributed by atoms with Crippen LogP contribution >= 0.6 is 0 Å². The molecule has 2 rings (SSSR count). The molecule has 0 N–H and O–H groups in total. The van der Waals surface area contributed by atoms with E-state index in [2.05, 4.69) is 11.8 Å². The molecule has 0 aromatic carbocycles. The normalized spacial score (nSPS) is 31.0. The fourth-order valence-electron chi connectivity index (χ4n) is 4.04. The number of hydrogen-bond acceptors (Lipinski definition) is 4. The van der Waals surface area contributed by atoms with Crippen LogP contribution in [0.3, 0.4) is 0 Å². The molecule has 122 valence electrons. The van der Waals surface area contributed by atoms with Crippen molar-refractivity contribution in [1.82, 2.24) is 4.90 Å². The van der Waals surface area contributed by atoms with E-state index in [4.69, 9.17) is 9.47 Å². The summed E-state index contributed by atoms with van der Waals surface area (Å²) in [6, 6.07) is 0. The lowest BCUT2D eigenvalue weighted by Crippen LogP contribution is -2.56. The number of carbonyl (C=O) groups excluding carboxylic acids is 1. The van der Waals surface area contributed by atoms with Crippen molar-refractivity contribution in [3.8, 4) is 0 Å². The monoisotopic (exact) mass is 297 g/mol. The van der Waals surface area contributed by atoms with Gasteiger partial charge in [-0.15, -0.1) is 0 Å². The SMILES string of the molecule is CCCC1CCC(CC(=O)OCC)(N2CCOCC2)CC1. The van der Waals surface area contributed by atoms with Crippen molar-refractivity contribution in [3.05, 3.63) is 0 Å². The zero-order chi connectivity index (χ0) is 15.1. The van der Waals surface area contributed by atoms with Crippen LogP contribution in [0.4, 0.5) is 0 Å². The molecule has 4 heteroatoms. The van der Waals surface area contributed by atoms with Gasteiger partial charge in [-0.3, -0.25) is 9.69 Å². The molecule has 4 nitrogen and oxygen atoms in total. The maximum atomic E-state index is 12.1. The highest BCUT2D eigenvalue weighted by atomic mass is 16.5. The number of carbonyl (C=O) groups is 1. The minimum Gasteiger partial charge on any atom is -0.466 e. The predicted molar refractivity (Wildman–Crippen MR) is 83.2 cm³/mol. The van der Waals surface area contributed by atoms with Crippen molar-refractivity contribution in [1.29, 1.82) is 0 Å². The first kappa shape index (κ1) is 16.8. The average Bonchev–Trinajstić information content (AvgIpc) is 2.51. The zero-order valence-corrected chi connectivity index (χ0v) is 13.7. The van der Waals surface area contributed by atoms with Crippen molar-refractivity contribution in [2.75, 3.05) is 32.9 Å². The second-order valence-corrected chi connectivity index (χ2v) is 6.54. The molecule has 0 aromatic heterocycles. The van der Waals surface area contributed by atoms with E-state index in [0.29, 0.717) is 13.0 Å². The molecule has 1 aliphatic heterocycles. The molecule has 0 aromatic rings. The number of rotatable bonds is 6. The lowest BCUT2D eigenvalue weighted by atomic mass is 9.72. The second-order valence-electron chi connectivity index (χ2n) is 6.54. The largest absolute Gasteiger partial charge is 0.466 e. The molecule has 1 aliphatic carbocycles. The molecule has 1 saturated carbocycles. The van der Waals surface area contributed by atoms with Gasteiger partial charge in [0.1, 0.15) is 0 Å². The molecule has 0 radical (unpaired) electrons. The lowest BCUT2D eigenvalue weighted by molar-refractivity contribution is -0.149. The Bertz CT molecular complexity index is 318. The van der Waals surface area contributed by atoms with Gasteiger partial charge in [0.25, 0.3) is 0 Å². The Hall–Kier alpha value is -0.610. The van der Waals surface area contributed by atoms with E-state index in [1.807, 2.05) is 6.92 Å². The third-order valence-electron chi connectivity index (χ3n) is 5.19. The van der Waals surface area contributed by atoms with Gasteiger partial charge in [0.15, 0.2) is 0 Å². The summed E-state index contributed by atoms with van der Waals surface area (Å²) in [4.78, 5) is 14.6. The van der Waals surface area contributed by atoms with E-state index >= 15 is 0 Å². The topological polar surface area (TPSA) is 38.8 Å². The Morgan fingerprint density at radius 2 is 1.90 bits per heavy atom. The minimum absolute atomic E-state index is 0.0281. The third kappa shape index (κ3) is 4.43. The van der Waals surface area contributed by atoms with Crippen LogP contribution < -0.4 is 0 Å². The maximum Gasteiger partial charge on any atom is 0.307 e. The summed E-state index contributed by atoms with van der Waals surface area (Å²) in [5.74, 6) is 0.823. The zero-order valence-electron chi connectivity index (χ0n) is 13.7. The first-order chi connectivity index (χ1) is 10.2. The van der Waals surface area contributed by atoms with Gasteiger partial charge in [0.2, 0.25) is 0 Å². The molecule has 1 heterocycles. The Kier molecular flexibility index (Phi) is 6.49. The quantitative estimate of drug-likeness (QED) is 0.707.